The van der Waals surface area contributed by atoms with E-state index >= 15 is 0 Å². The number of para-hydroxylation sites is 1. The smallest absolute Gasteiger partial charge is 0.252 e. The van der Waals surface area contributed by atoms with Crippen LogP contribution in [0.2, 0.25) is 0 Å². The minimum absolute atomic E-state index is 0.0110. The molecule has 0 atom stereocenters. The number of nitrogens with zero attached hydrogens (tertiary/aromatic N) is 4. The maximum atomic E-state index is 12.4. The molecule has 0 unspecified atom stereocenters. The number of aryl methyl sites for hydroxylation is 1. The third-order valence-electron chi connectivity index (χ3n) is 5.33. The average Bonchev–Trinajstić information content (AvgIpc) is 2.72. The van der Waals surface area contributed by atoms with Crippen LogP contribution >= 0.6 is 15.9 Å². The monoisotopic (exact) mass is 442 g/mol. The Kier molecular flexibility index (Phi) is 5.37. The van der Waals surface area contributed by atoms with Gasteiger partial charge in [0, 0.05) is 51.4 Å². The number of aromatic nitrogens is 2. The number of rotatable bonds is 4. The Balaban J connectivity index is 1.55. The van der Waals surface area contributed by atoms with Crippen LogP contribution in [0.3, 0.4) is 0 Å². The Bertz CT molecular complexity index is 1060. The standard InChI is InChI=1S/C21H23BrN4O2/c1-24-16-7-8-19(22)23-21(16)17(13-20(24)27)26-11-9-25(10-12-26)14-15-5-3-4-6-18(15)28-2/h3-8,13H,9-12,14H2,1-2H3. The number of hydrogen-bond donors (Lipinski definition) is 0. The van der Waals surface area contributed by atoms with E-state index in [0.29, 0.717) is 0 Å². The van der Waals surface area contributed by atoms with Gasteiger partial charge in [-0.2, -0.15) is 0 Å². The molecule has 7 heteroatoms. The summed E-state index contributed by atoms with van der Waals surface area (Å²) in [6.07, 6.45) is 0. The summed E-state index contributed by atoms with van der Waals surface area (Å²) in [4.78, 5) is 21.8. The number of hydrogen-bond acceptors (Lipinski definition) is 5. The lowest BCUT2D eigenvalue weighted by Gasteiger charge is -2.36. The second-order valence-corrected chi connectivity index (χ2v) is 7.82. The molecule has 146 valence electrons. The summed E-state index contributed by atoms with van der Waals surface area (Å²) in [5.74, 6) is 0.927. The molecule has 2 aromatic heterocycles. The molecule has 3 heterocycles. The molecular formula is C21H23BrN4O2. The third-order valence-corrected chi connectivity index (χ3v) is 5.78. The Morgan fingerprint density at radius 1 is 1.11 bits per heavy atom. The van der Waals surface area contributed by atoms with Crippen molar-refractivity contribution in [2.24, 2.45) is 7.05 Å². The van der Waals surface area contributed by atoms with Gasteiger partial charge in [0.1, 0.15) is 15.9 Å². The molecule has 0 aliphatic carbocycles. The van der Waals surface area contributed by atoms with E-state index in [4.69, 9.17) is 4.74 Å². The fourth-order valence-corrected chi connectivity index (χ4v) is 4.06. The molecule has 0 N–H and O–H groups in total. The average molecular weight is 443 g/mol. The molecule has 0 saturated carbocycles. The zero-order valence-electron chi connectivity index (χ0n) is 16.1. The van der Waals surface area contributed by atoms with Crippen LogP contribution in [0.4, 0.5) is 5.69 Å². The highest BCUT2D eigenvalue weighted by Gasteiger charge is 2.21. The van der Waals surface area contributed by atoms with Gasteiger partial charge >= 0.3 is 0 Å². The van der Waals surface area contributed by atoms with Crippen molar-refractivity contribution in [2.75, 3.05) is 38.2 Å². The molecule has 3 aromatic rings. The van der Waals surface area contributed by atoms with E-state index in [1.54, 1.807) is 24.8 Å². The van der Waals surface area contributed by atoms with Crippen molar-refractivity contribution in [3.63, 3.8) is 0 Å². The second kappa shape index (κ2) is 7.93. The summed E-state index contributed by atoms with van der Waals surface area (Å²) in [6.45, 7) is 4.40. The van der Waals surface area contributed by atoms with E-state index in [2.05, 4.69) is 36.8 Å². The van der Waals surface area contributed by atoms with Crippen LogP contribution < -0.4 is 15.2 Å². The van der Waals surface area contributed by atoms with Gasteiger partial charge in [-0.25, -0.2) is 4.98 Å². The molecule has 1 aliphatic rings. The Labute approximate surface area is 172 Å². The van der Waals surface area contributed by atoms with Crippen LogP contribution in [-0.2, 0) is 13.6 Å². The lowest BCUT2D eigenvalue weighted by atomic mass is 10.1. The maximum Gasteiger partial charge on any atom is 0.252 e. The first-order chi connectivity index (χ1) is 13.6. The summed E-state index contributed by atoms with van der Waals surface area (Å²) in [6, 6.07) is 13.7. The minimum atomic E-state index is -0.0110. The third kappa shape index (κ3) is 3.64. The van der Waals surface area contributed by atoms with Crippen LogP contribution in [0, 0.1) is 0 Å². The molecule has 1 saturated heterocycles. The summed E-state index contributed by atoms with van der Waals surface area (Å²) in [5.41, 5.74) is 3.80. The molecule has 6 nitrogen and oxygen atoms in total. The van der Waals surface area contributed by atoms with E-state index < -0.39 is 0 Å². The van der Waals surface area contributed by atoms with Gasteiger partial charge in [0.05, 0.1) is 18.3 Å². The minimum Gasteiger partial charge on any atom is -0.496 e. The van der Waals surface area contributed by atoms with Gasteiger partial charge in [0.25, 0.3) is 5.56 Å². The number of methoxy groups -OCH3 is 1. The Morgan fingerprint density at radius 2 is 1.86 bits per heavy atom. The number of fused-ring (bicyclic) bond motifs is 1. The first-order valence-electron chi connectivity index (χ1n) is 9.32. The SMILES string of the molecule is COc1ccccc1CN1CCN(c2cc(=O)n(C)c3ccc(Br)nc23)CC1. The predicted molar refractivity (Wildman–Crippen MR) is 115 cm³/mol. The molecule has 28 heavy (non-hydrogen) atoms. The van der Waals surface area contributed by atoms with Gasteiger partial charge in [-0.05, 0) is 34.1 Å². The number of piperazine rings is 1. The number of benzene rings is 1. The van der Waals surface area contributed by atoms with Gasteiger partial charge in [-0.1, -0.05) is 18.2 Å². The van der Waals surface area contributed by atoms with Crippen molar-refractivity contribution < 1.29 is 4.74 Å². The van der Waals surface area contributed by atoms with Gasteiger partial charge in [-0.3, -0.25) is 9.69 Å². The fraction of sp³-hybridized carbons (Fsp3) is 0.333. The quantitative estimate of drug-likeness (QED) is 0.581. The molecule has 0 spiro atoms. The van der Waals surface area contributed by atoms with Crippen molar-refractivity contribution in [1.29, 1.82) is 0 Å². The first kappa shape index (κ1) is 19.0. The van der Waals surface area contributed by atoms with Crippen LogP contribution in [0.25, 0.3) is 11.0 Å². The predicted octanol–water partition coefficient (Wildman–Crippen LogP) is 3.03. The lowest BCUT2D eigenvalue weighted by Crippen LogP contribution is -2.46. The van der Waals surface area contributed by atoms with Crippen molar-refractivity contribution >= 4 is 32.7 Å². The van der Waals surface area contributed by atoms with Crippen molar-refractivity contribution in [3.05, 3.63) is 63.0 Å². The van der Waals surface area contributed by atoms with Gasteiger partial charge in [-0.15, -0.1) is 0 Å². The first-order valence-corrected chi connectivity index (χ1v) is 10.1. The van der Waals surface area contributed by atoms with Crippen LogP contribution in [0.5, 0.6) is 5.75 Å². The summed E-state index contributed by atoms with van der Waals surface area (Å²) < 4.78 is 7.90. The molecule has 0 amide bonds. The normalized spacial score (nSPS) is 15.2. The number of anilines is 1. The van der Waals surface area contributed by atoms with Gasteiger partial charge in [0.2, 0.25) is 0 Å². The van der Waals surface area contributed by atoms with Gasteiger partial charge in [0.15, 0.2) is 0 Å². The highest BCUT2D eigenvalue weighted by molar-refractivity contribution is 9.10. The highest BCUT2D eigenvalue weighted by atomic mass is 79.9. The number of ether oxygens (including phenoxy) is 1. The second-order valence-electron chi connectivity index (χ2n) is 7.00. The van der Waals surface area contributed by atoms with Crippen LogP contribution in [0.15, 0.2) is 51.9 Å². The molecule has 0 bridgehead atoms. The van der Waals surface area contributed by atoms with E-state index in [1.807, 2.05) is 30.3 Å². The molecule has 1 fully saturated rings. The Morgan fingerprint density at radius 3 is 2.61 bits per heavy atom. The molecule has 4 rings (SSSR count). The topological polar surface area (TPSA) is 50.6 Å². The molecule has 1 aromatic carbocycles. The van der Waals surface area contributed by atoms with Crippen LogP contribution in [-0.4, -0.2) is 47.7 Å². The molecular weight excluding hydrogens is 420 g/mol. The van der Waals surface area contributed by atoms with Crippen molar-refractivity contribution in [1.82, 2.24) is 14.5 Å². The summed E-state index contributed by atoms with van der Waals surface area (Å²) in [5, 5.41) is 0. The van der Waals surface area contributed by atoms with Crippen LogP contribution in [0.1, 0.15) is 5.56 Å². The molecule has 1 aliphatic heterocycles. The largest absolute Gasteiger partial charge is 0.496 e. The fourth-order valence-electron chi connectivity index (χ4n) is 3.75. The lowest BCUT2D eigenvalue weighted by molar-refractivity contribution is 0.246. The van der Waals surface area contributed by atoms with E-state index in [9.17, 15) is 4.79 Å². The highest BCUT2D eigenvalue weighted by Crippen LogP contribution is 2.27. The zero-order valence-corrected chi connectivity index (χ0v) is 17.6. The summed E-state index contributed by atoms with van der Waals surface area (Å²) in [7, 11) is 3.50. The zero-order chi connectivity index (χ0) is 19.7. The Hall–Kier alpha value is -2.38. The number of pyridine rings is 2. The van der Waals surface area contributed by atoms with Crippen molar-refractivity contribution in [3.8, 4) is 5.75 Å². The van der Waals surface area contributed by atoms with Crippen molar-refractivity contribution in [2.45, 2.75) is 6.54 Å². The maximum absolute atomic E-state index is 12.4. The summed E-state index contributed by atoms with van der Waals surface area (Å²) >= 11 is 3.46. The van der Waals surface area contributed by atoms with Gasteiger partial charge < -0.3 is 14.2 Å². The van der Waals surface area contributed by atoms with E-state index in [-0.39, 0.29) is 5.56 Å². The molecule has 0 radical (unpaired) electrons. The van der Waals surface area contributed by atoms with E-state index in [0.717, 1.165) is 59.8 Å². The number of halogens is 1. The van der Waals surface area contributed by atoms with E-state index in [1.165, 1.54) is 5.56 Å².